The number of nitrogen functional groups attached to an aromatic ring is 1. The van der Waals surface area contributed by atoms with Gasteiger partial charge in [-0.15, -0.1) is 11.3 Å². The van der Waals surface area contributed by atoms with Gasteiger partial charge in [0.15, 0.2) is 17.1 Å². The molecule has 0 aromatic carbocycles. The van der Waals surface area contributed by atoms with E-state index in [1.165, 1.54) is 32.3 Å². The second-order valence-corrected chi connectivity index (χ2v) is 4.65. The number of esters is 1. The van der Waals surface area contributed by atoms with Gasteiger partial charge in [-0.05, 0) is 13.8 Å². The SMILES string of the molecule is COC(=O)C(C)(C)O/N=C(/C=O)c1csc(N)n1. The molecule has 0 aliphatic heterocycles. The average Bonchev–Trinajstić information content (AvgIpc) is 2.75. The number of thiazole rings is 1. The molecule has 0 saturated heterocycles. The van der Waals surface area contributed by atoms with Gasteiger partial charge in [0.25, 0.3) is 0 Å². The van der Waals surface area contributed by atoms with Crippen LogP contribution >= 0.6 is 11.3 Å². The smallest absolute Gasteiger partial charge is 0.352 e. The van der Waals surface area contributed by atoms with Crippen LogP contribution in [0.2, 0.25) is 0 Å². The highest BCUT2D eigenvalue weighted by atomic mass is 32.1. The molecule has 1 rings (SSSR count). The molecule has 0 saturated carbocycles. The molecular formula is C10H13N3O4S. The molecule has 0 bridgehead atoms. The van der Waals surface area contributed by atoms with Crippen molar-refractivity contribution in [3.63, 3.8) is 0 Å². The first-order valence-corrected chi connectivity index (χ1v) is 5.80. The number of oxime groups is 1. The second-order valence-electron chi connectivity index (χ2n) is 3.76. The molecule has 7 nitrogen and oxygen atoms in total. The first kappa shape index (κ1) is 14.1. The van der Waals surface area contributed by atoms with E-state index in [1.54, 1.807) is 5.38 Å². The van der Waals surface area contributed by atoms with Crippen molar-refractivity contribution in [2.75, 3.05) is 12.8 Å². The predicted molar refractivity (Wildman–Crippen MR) is 66.3 cm³/mol. The van der Waals surface area contributed by atoms with E-state index < -0.39 is 11.6 Å². The fraction of sp³-hybridized carbons (Fsp3) is 0.400. The van der Waals surface area contributed by atoms with E-state index in [1.807, 2.05) is 0 Å². The number of ether oxygens (including phenoxy) is 1. The van der Waals surface area contributed by atoms with E-state index in [0.29, 0.717) is 17.1 Å². The van der Waals surface area contributed by atoms with Gasteiger partial charge in [-0.3, -0.25) is 4.79 Å². The molecular weight excluding hydrogens is 258 g/mol. The first-order valence-electron chi connectivity index (χ1n) is 4.92. The van der Waals surface area contributed by atoms with Crippen LogP contribution in [0.1, 0.15) is 19.5 Å². The zero-order valence-corrected chi connectivity index (χ0v) is 11.0. The number of aromatic nitrogens is 1. The lowest BCUT2D eigenvalue weighted by molar-refractivity contribution is -0.165. The van der Waals surface area contributed by atoms with Crippen molar-refractivity contribution in [3.05, 3.63) is 11.1 Å². The number of carbonyl (C=O) groups excluding carboxylic acids is 2. The van der Waals surface area contributed by atoms with Crippen LogP contribution in [0.5, 0.6) is 0 Å². The number of carbonyl (C=O) groups is 2. The van der Waals surface area contributed by atoms with Crippen molar-refractivity contribution in [1.29, 1.82) is 0 Å². The quantitative estimate of drug-likeness (QED) is 0.364. The van der Waals surface area contributed by atoms with Gasteiger partial charge in [0.2, 0.25) is 5.60 Å². The van der Waals surface area contributed by atoms with Gasteiger partial charge in [0, 0.05) is 5.38 Å². The summed E-state index contributed by atoms with van der Waals surface area (Å²) >= 11 is 1.17. The molecule has 0 aliphatic rings. The third-order valence-corrected chi connectivity index (χ3v) is 2.62. The summed E-state index contributed by atoms with van der Waals surface area (Å²) in [6.07, 6.45) is 0.474. The molecule has 0 radical (unpaired) electrons. The third kappa shape index (κ3) is 3.27. The molecule has 1 aromatic heterocycles. The van der Waals surface area contributed by atoms with Gasteiger partial charge in [-0.25, -0.2) is 9.78 Å². The Morgan fingerprint density at radius 1 is 1.61 bits per heavy atom. The minimum absolute atomic E-state index is 0.0417. The fourth-order valence-electron chi connectivity index (χ4n) is 0.980. The standard InChI is InChI=1S/C10H13N3O4S/c1-10(2,8(15)16-3)17-13-6(4-14)7-5-18-9(11)12-7/h4-5H,1-3H3,(H2,11,12)/b13-6-. The molecule has 1 aromatic rings. The highest BCUT2D eigenvalue weighted by Crippen LogP contribution is 2.14. The Balaban J connectivity index is 2.87. The molecule has 18 heavy (non-hydrogen) atoms. The fourth-order valence-corrected chi connectivity index (χ4v) is 1.54. The maximum absolute atomic E-state index is 11.3. The number of nitrogens with two attached hydrogens (primary N) is 1. The van der Waals surface area contributed by atoms with E-state index in [0.717, 1.165) is 0 Å². The summed E-state index contributed by atoms with van der Waals surface area (Å²) in [7, 11) is 1.24. The molecule has 1 heterocycles. The summed E-state index contributed by atoms with van der Waals surface area (Å²) in [5, 5.41) is 5.48. The molecule has 0 fully saturated rings. The second kappa shape index (κ2) is 5.58. The first-order chi connectivity index (χ1) is 8.40. The van der Waals surface area contributed by atoms with Crippen LogP contribution in [0.25, 0.3) is 0 Å². The number of methoxy groups -OCH3 is 1. The maximum Gasteiger partial charge on any atom is 0.352 e. The third-order valence-electron chi connectivity index (χ3n) is 1.95. The van der Waals surface area contributed by atoms with Crippen molar-refractivity contribution in [1.82, 2.24) is 4.98 Å². The lowest BCUT2D eigenvalue weighted by Gasteiger charge is -2.18. The number of hydrogen-bond donors (Lipinski definition) is 1. The van der Waals surface area contributed by atoms with Gasteiger partial charge >= 0.3 is 5.97 Å². The van der Waals surface area contributed by atoms with Gasteiger partial charge < -0.3 is 15.3 Å². The van der Waals surface area contributed by atoms with Gasteiger partial charge in [-0.2, -0.15) is 0 Å². The summed E-state index contributed by atoms with van der Waals surface area (Å²) in [5.74, 6) is -0.603. The van der Waals surface area contributed by atoms with E-state index in [4.69, 9.17) is 10.6 Å². The lowest BCUT2D eigenvalue weighted by atomic mass is 10.1. The van der Waals surface area contributed by atoms with Gasteiger partial charge in [-0.1, -0.05) is 5.16 Å². The number of hydrogen-bond acceptors (Lipinski definition) is 8. The van der Waals surface area contributed by atoms with E-state index >= 15 is 0 Å². The summed E-state index contributed by atoms with van der Waals surface area (Å²) in [6, 6.07) is 0. The zero-order valence-electron chi connectivity index (χ0n) is 10.2. The zero-order chi connectivity index (χ0) is 13.8. The Labute approximate surface area is 108 Å². The summed E-state index contributed by atoms with van der Waals surface area (Å²) in [4.78, 5) is 31.1. The monoisotopic (exact) mass is 271 g/mol. The number of rotatable bonds is 5. The Morgan fingerprint density at radius 3 is 2.72 bits per heavy atom. The number of anilines is 1. The lowest BCUT2D eigenvalue weighted by Crippen LogP contribution is -2.34. The van der Waals surface area contributed by atoms with E-state index in [9.17, 15) is 9.59 Å². The Morgan fingerprint density at radius 2 is 2.28 bits per heavy atom. The van der Waals surface area contributed by atoms with E-state index in [-0.39, 0.29) is 5.71 Å². The van der Waals surface area contributed by atoms with Crippen LogP contribution in [-0.4, -0.2) is 35.7 Å². The minimum atomic E-state index is -1.29. The summed E-state index contributed by atoms with van der Waals surface area (Å²) in [5.41, 5.74) is 4.41. The molecule has 2 N–H and O–H groups in total. The van der Waals surface area contributed by atoms with Crippen LogP contribution < -0.4 is 5.73 Å². The number of aldehydes is 1. The molecule has 8 heteroatoms. The Hall–Kier alpha value is -1.96. The predicted octanol–water partition coefficient (Wildman–Crippen LogP) is 0.596. The van der Waals surface area contributed by atoms with Crippen molar-refractivity contribution < 1.29 is 19.2 Å². The highest BCUT2D eigenvalue weighted by Gasteiger charge is 2.31. The van der Waals surface area contributed by atoms with Gasteiger partial charge in [0.1, 0.15) is 5.69 Å². The molecule has 0 spiro atoms. The van der Waals surface area contributed by atoms with Crippen molar-refractivity contribution in [2.24, 2.45) is 5.16 Å². The Kier molecular flexibility index (Phi) is 4.38. The molecule has 0 atom stereocenters. The number of nitrogens with zero attached hydrogens (tertiary/aromatic N) is 2. The highest BCUT2D eigenvalue weighted by molar-refractivity contribution is 7.13. The summed E-state index contributed by atoms with van der Waals surface area (Å²) < 4.78 is 4.54. The van der Waals surface area contributed by atoms with Crippen molar-refractivity contribution >= 4 is 34.4 Å². The maximum atomic E-state index is 11.3. The average molecular weight is 271 g/mol. The Bertz CT molecular complexity index is 481. The van der Waals surface area contributed by atoms with E-state index in [2.05, 4.69) is 14.9 Å². The van der Waals surface area contributed by atoms with Gasteiger partial charge in [0.05, 0.1) is 7.11 Å². The van der Waals surface area contributed by atoms with Crippen molar-refractivity contribution in [3.8, 4) is 0 Å². The van der Waals surface area contributed by atoms with Crippen LogP contribution in [0.15, 0.2) is 10.5 Å². The van der Waals surface area contributed by atoms with Crippen LogP contribution in [0.3, 0.4) is 0 Å². The van der Waals surface area contributed by atoms with Crippen LogP contribution in [-0.2, 0) is 19.2 Å². The van der Waals surface area contributed by atoms with Crippen molar-refractivity contribution in [2.45, 2.75) is 19.4 Å². The molecule has 98 valence electrons. The van der Waals surface area contributed by atoms with Crippen LogP contribution in [0.4, 0.5) is 5.13 Å². The largest absolute Gasteiger partial charge is 0.466 e. The molecule has 0 unspecified atom stereocenters. The topological polar surface area (TPSA) is 104 Å². The summed E-state index contributed by atoms with van der Waals surface area (Å²) in [6.45, 7) is 2.94. The molecule has 0 amide bonds. The minimum Gasteiger partial charge on any atom is -0.466 e. The van der Waals surface area contributed by atoms with Crippen LogP contribution in [0, 0.1) is 0 Å². The normalized spacial score (nSPS) is 12.1. The molecule has 0 aliphatic carbocycles.